The number of thiazole rings is 1. The van der Waals surface area contributed by atoms with Crippen LogP contribution in [-0.2, 0) is 4.74 Å². The summed E-state index contributed by atoms with van der Waals surface area (Å²) in [7, 11) is 1.25. The smallest absolute Gasteiger partial charge is 0.357 e. The predicted molar refractivity (Wildman–Crippen MR) is 78.9 cm³/mol. The number of rotatable bonds is 2. The average molecular weight is 313 g/mol. The van der Waals surface area contributed by atoms with E-state index in [0.29, 0.717) is 16.8 Å². The summed E-state index contributed by atoms with van der Waals surface area (Å²) in [5.41, 5.74) is 3.03. The summed E-state index contributed by atoms with van der Waals surface area (Å²) < 4.78 is 19.0. The summed E-state index contributed by atoms with van der Waals surface area (Å²) >= 11 is 1.37. The van der Waals surface area contributed by atoms with E-state index in [2.05, 4.69) is 9.97 Å². The number of ether oxygens (including phenoxy) is 1. The number of nitrogens with zero attached hydrogens (tertiary/aromatic N) is 3. The van der Waals surface area contributed by atoms with Crippen LogP contribution >= 0.6 is 11.3 Å². The Hall–Kier alpha value is -2.85. The summed E-state index contributed by atoms with van der Waals surface area (Å²) in [6.45, 7) is 0. The highest BCUT2D eigenvalue weighted by Gasteiger charge is 2.18. The number of hydrogen-bond acceptors (Lipinski definition) is 6. The first kappa shape index (κ1) is 14.1. The highest BCUT2D eigenvalue weighted by Crippen LogP contribution is 2.29. The number of nitriles is 1. The highest BCUT2D eigenvalue weighted by atomic mass is 32.1. The fraction of sp³-hybridized carbons (Fsp3) is 0.0667. The van der Waals surface area contributed by atoms with Gasteiger partial charge in [0.25, 0.3) is 0 Å². The number of aromatic nitrogens is 2. The van der Waals surface area contributed by atoms with Crippen LogP contribution < -0.4 is 0 Å². The Labute approximate surface area is 128 Å². The van der Waals surface area contributed by atoms with Gasteiger partial charge in [-0.15, -0.1) is 11.3 Å². The molecule has 7 heteroatoms. The molecule has 3 aromatic rings. The summed E-state index contributed by atoms with van der Waals surface area (Å²) in [4.78, 5) is 20.2. The lowest BCUT2D eigenvalue weighted by Gasteiger charge is -2.08. The van der Waals surface area contributed by atoms with Gasteiger partial charge in [-0.2, -0.15) is 5.26 Å². The van der Waals surface area contributed by atoms with E-state index in [1.165, 1.54) is 36.6 Å². The standard InChI is InChI=1S/C15H8FN3O2S/c1-21-15(20)13-10(5-12-14(19-13)18-7-22-12)8-2-3-11(16)9(4-8)6-17/h2-5,7H,1H3. The molecule has 2 heterocycles. The molecule has 0 spiro atoms. The molecule has 0 atom stereocenters. The minimum absolute atomic E-state index is 0.0800. The Morgan fingerprint density at radius 2 is 2.23 bits per heavy atom. The SMILES string of the molecule is COC(=O)c1nc2ncsc2cc1-c1ccc(F)c(C#N)c1. The van der Waals surface area contributed by atoms with Crippen LogP contribution in [0, 0.1) is 17.1 Å². The Morgan fingerprint density at radius 1 is 1.41 bits per heavy atom. The number of methoxy groups -OCH3 is 1. The zero-order chi connectivity index (χ0) is 15.7. The van der Waals surface area contributed by atoms with Crippen molar-refractivity contribution in [1.82, 2.24) is 9.97 Å². The molecule has 0 amide bonds. The summed E-state index contributed by atoms with van der Waals surface area (Å²) in [5, 5.41) is 8.95. The number of fused-ring (bicyclic) bond motifs is 1. The predicted octanol–water partition coefficient (Wildman–Crippen LogP) is 3.16. The number of halogens is 1. The second-order valence-corrected chi connectivity index (χ2v) is 5.24. The molecule has 1 aromatic carbocycles. The number of carbonyl (C=O) groups is 1. The first-order valence-electron chi connectivity index (χ1n) is 6.16. The Morgan fingerprint density at radius 3 is 2.95 bits per heavy atom. The van der Waals surface area contributed by atoms with Crippen molar-refractivity contribution < 1.29 is 13.9 Å². The van der Waals surface area contributed by atoms with Gasteiger partial charge in [0, 0.05) is 5.56 Å². The molecule has 5 nitrogen and oxygen atoms in total. The van der Waals surface area contributed by atoms with Gasteiger partial charge in [-0.3, -0.25) is 0 Å². The Bertz CT molecular complexity index is 930. The van der Waals surface area contributed by atoms with Gasteiger partial charge in [-0.1, -0.05) is 6.07 Å². The molecule has 108 valence electrons. The first-order valence-corrected chi connectivity index (χ1v) is 7.04. The van der Waals surface area contributed by atoms with Gasteiger partial charge in [-0.05, 0) is 23.8 Å². The van der Waals surface area contributed by atoms with E-state index in [9.17, 15) is 9.18 Å². The van der Waals surface area contributed by atoms with Crippen molar-refractivity contribution in [2.75, 3.05) is 7.11 Å². The number of hydrogen-bond donors (Lipinski definition) is 0. The molecule has 0 saturated heterocycles. The van der Waals surface area contributed by atoms with Gasteiger partial charge in [0.2, 0.25) is 0 Å². The fourth-order valence-electron chi connectivity index (χ4n) is 2.05. The average Bonchev–Trinajstić information content (AvgIpc) is 3.00. The van der Waals surface area contributed by atoms with Crippen LogP contribution in [0.2, 0.25) is 0 Å². The van der Waals surface area contributed by atoms with Crippen molar-refractivity contribution >= 4 is 27.7 Å². The van der Waals surface area contributed by atoms with Gasteiger partial charge >= 0.3 is 5.97 Å². The molecule has 22 heavy (non-hydrogen) atoms. The van der Waals surface area contributed by atoms with Crippen LogP contribution in [0.25, 0.3) is 21.5 Å². The summed E-state index contributed by atoms with van der Waals surface area (Å²) in [5.74, 6) is -1.23. The van der Waals surface area contributed by atoms with E-state index in [1.807, 2.05) is 0 Å². The topological polar surface area (TPSA) is 75.9 Å². The lowest BCUT2D eigenvalue weighted by atomic mass is 10.0. The van der Waals surface area contributed by atoms with E-state index in [1.54, 1.807) is 17.6 Å². The monoisotopic (exact) mass is 313 g/mol. The van der Waals surface area contributed by atoms with Crippen LogP contribution in [-0.4, -0.2) is 23.0 Å². The van der Waals surface area contributed by atoms with Gasteiger partial charge in [0.1, 0.15) is 11.9 Å². The van der Waals surface area contributed by atoms with Gasteiger partial charge in [-0.25, -0.2) is 19.2 Å². The molecule has 0 unspecified atom stereocenters. The molecular formula is C15H8FN3O2S. The maximum atomic E-state index is 13.5. The summed E-state index contributed by atoms with van der Waals surface area (Å²) in [6.07, 6.45) is 0. The molecule has 0 N–H and O–H groups in total. The second-order valence-electron chi connectivity index (χ2n) is 4.36. The summed E-state index contributed by atoms with van der Waals surface area (Å²) in [6, 6.07) is 7.58. The van der Waals surface area contributed by atoms with E-state index in [4.69, 9.17) is 10.00 Å². The van der Waals surface area contributed by atoms with Gasteiger partial charge in [0.15, 0.2) is 11.3 Å². The van der Waals surface area contributed by atoms with E-state index < -0.39 is 11.8 Å². The highest BCUT2D eigenvalue weighted by molar-refractivity contribution is 7.16. The number of carbonyl (C=O) groups excluding carboxylic acids is 1. The number of benzene rings is 1. The minimum atomic E-state index is -0.618. The van der Waals surface area contributed by atoms with Crippen molar-refractivity contribution in [1.29, 1.82) is 5.26 Å². The molecular weight excluding hydrogens is 305 g/mol. The molecule has 2 aromatic heterocycles. The third-order valence-electron chi connectivity index (χ3n) is 3.10. The van der Waals surface area contributed by atoms with Gasteiger partial charge in [0.05, 0.1) is 22.9 Å². The fourth-order valence-corrected chi connectivity index (χ4v) is 2.70. The Balaban J connectivity index is 2.28. The molecule has 0 fully saturated rings. The molecule has 3 rings (SSSR count). The third kappa shape index (κ3) is 2.29. The third-order valence-corrected chi connectivity index (χ3v) is 3.87. The van der Waals surface area contributed by atoms with Crippen molar-refractivity contribution in [3.05, 3.63) is 46.9 Å². The zero-order valence-electron chi connectivity index (χ0n) is 11.3. The normalized spacial score (nSPS) is 10.4. The van der Waals surface area contributed by atoms with Crippen molar-refractivity contribution in [3.63, 3.8) is 0 Å². The lowest BCUT2D eigenvalue weighted by molar-refractivity contribution is 0.0595. The molecule has 0 aliphatic rings. The lowest BCUT2D eigenvalue weighted by Crippen LogP contribution is -2.07. The maximum Gasteiger partial charge on any atom is 0.357 e. The zero-order valence-corrected chi connectivity index (χ0v) is 12.1. The quantitative estimate of drug-likeness (QED) is 0.679. The van der Waals surface area contributed by atoms with E-state index in [0.717, 1.165) is 4.70 Å². The molecule has 0 aliphatic carbocycles. The molecule has 0 saturated carbocycles. The van der Waals surface area contributed by atoms with E-state index >= 15 is 0 Å². The van der Waals surface area contributed by atoms with Crippen LogP contribution in [0.5, 0.6) is 0 Å². The van der Waals surface area contributed by atoms with Crippen molar-refractivity contribution in [2.45, 2.75) is 0 Å². The van der Waals surface area contributed by atoms with Crippen LogP contribution in [0.1, 0.15) is 16.1 Å². The number of esters is 1. The van der Waals surface area contributed by atoms with Crippen LogP contribution in [0.3, 0.4) is 0 Å². The molecule has 0 radical (unpaired) electrons. The van der Waals surface area contributed by atoms with Gasteiger partial charge < -0.3 is 4.74 Å². The first-order chi connectivity index (χ1) is 10.6. The van der Waals surface area contributed by atoms with E-state index in [-0.39, 0.29) is 11.3 Å². The maximum absolute atomic E-state index is 13.5. The largest absolute Gasteiger partial charge is 0.464 e. The minimum Gasteiger partial charge on any atom is -0.464 e. The molecule has 0 aliphatic heterocycles. The van der Waals surface area contributed by atoms with Crippen LogP contribution in [0.4, 0.5) is 4.39 Å². The van der Waals surface area contributed by atoms with Crippen LogP contribution in [0.15, 0.2) is 29.8 Å². The second kappa shape index (κ2) is 5.50. The Kier molecular flexibility index (Phi) is 3.53. The van der Waals surface area contributed by atoms with Crippen molar-refractivity contribution in [2.24, 2.45) is 0 Å². The van der Waals surface area contributed by atoms with Crippen molar-refractivity contribution in [3.8, 4) is 17.2 Å². The number of pyridine rings is 1. The molecule has 0 bridgehead atoms.